The maximum Gasteiger partial charge on any atom is 0.472 e. The third-order valence-corrected chi connectivity index (χ3v) is 10.4. The number of carboxylic acid groups (broad SMARTS) is 1. The molecule has 0 heterocycles. The van der Waals surface area contributed by atoms with Crippen molar-refractivity contribution in [3.63, 3.8) is 0 Å². The van der Waals surface area contributed by atoms with Crippen LogP contribution < -0.4 is 5.73 Å². The maximum absolute atomic E-state index is 12.7. The Morgan fingerprint density at radius 3 is 1.47 bits per heavy atom. The number of esters is 1. The summed E-state index contributed by atoms with van der Waals surface area (Å²) in [4.78, 5) is 33.6. The maximum atomic E-state index is 12.7. The molecule has 0 radical (unpaired) electrons. The summed E-state index contributed by atoms with van der Waals surface area (Å²) >= 11 is 0. The lowest BCUT2D eigenvalue weighted by atomic mass is 10.1. The lowest BCUT2D eigenvalue weighted by Gasteiger charge is -2.20. The molecule has 4 N–H and O–H groups in total. The summed E-state index contributed by atoms with van der Waals surface area (Å²) in [5.41, 5.74) is 5.36. The Balaban J connectivity index is 4.34. The second kappa shape index (κ2) is 44.2. The van der Waals surface area contributed by atoms with Crippen LogP contribution in [0.25, 0.3) is 0 Å². The standard InChI is InChI=1S/C49H84NO9P/c1-3-5-7-9-11-13-15-17-19-21-23-24-26-28-30-32-34-36-38-40-42-56-43-46(44-57-60(54,55)58-45-47(50)49(52)53)59-48(51)41-39-37-35-33-31-29-27-25-22-20-18-16-14-12-10-8-6-4-2/h5,7,11,13,17,19-20,22-24,28,30,34,36,46-47H,3-4,6,8-10,12,14-16,18,21,25-27,29,31-33,35,37-45,50H2,1-2H3,(H,52,53)(H,54,55)/b7-5-,13-11-,19-17-,22-20-,24-23-,30-28-,36-34-. The second-order valence-corrected chi connectivity index (χ2v) is 16.6. The van der Waals surface area contributed by atoms with E-state index in [4.69, 9.17) is 29.4 Å². The van der Waals surface area contributed by atoms with E-state index in [1.165, 1.54) is 70.6 Å². The van der Waals surface area contributed by atoms with Crippen LogP contribution in [0.2, 0.25) is 0 Å². The number of allylic oxidation sites excluding steroid dienone is 14. The molecule has 0 amide bonds. The quantitative estimate of drug-likeness (QED) is 0.0233. The van der Waals surface area contributed by atoms with Crippen LogP contribution in [0.5, 0.6) is 0 Å². The number of hydrogen-bond donors (Lipinski definition) is 3. The molecule has 0 rings (SSSR count). The predicted octanol–water partition coefficient (Wildman–Crippen LogP) is 13.1. The molecule has 344 valence electrons. The van der Waals surface area contributed by atoms with Gasteiger partial charge in [-0.25, -0.2) is 4.57 Å². The number of nitrogens with two attached hydrogens (primary N) is 1. The van der Waals surface area contributed by atoms with Crippen molar-refractivity contribution in [1.29, 1.82) is 0 Å². The molecule has 0 aliphatic rings. The SMILES string of the molecule is CC/C=C\C/C=C\C/C=C\C/C=C\C/C=C\C/C=C\CCCOCC(COP(=O)(O)OCC(N)C(=O)O)OC(=O)CCCCCCCCC/C=C\CCCCCCCCC. The molecule has 10 nitrogen and oxygen atoms in total. The summed E-state index contributed by atoms with van der Waals surface area (Å²) in [6, 6.07) is -1.49. The van der Waals surface area contributed by atoms with E-state index < -0.39 is 45.1 Å². The highest BCUT2D eigenvalue weighted by atomic mass is 31.2. The Hall–Kier alpha value is -2.85. The summed E-state index contributed by atoms with van der Waals surface area (Å²) in [6.45, 7) is 3.60. The molecule has 0 aromatic heterocycles. The first-order valence-corrected chi connectivity index (χ1v) is 24.6. The second-order valence-electron chi connectivity index (χ2n) is 15.1. The monoisotopic (exact) mass is 862 g/mol. The predicted molar refractivity (Wildman–Crippen MR) is 249 cm³/mol. The van der Waals surface area contributed by atoms with Crippen LogP contribution in [0.3, 0.4) is 0 Å². The summed E-state index contributed by atoms with van der Waals surface area (Å²) < 4.78 is 33.3. The molecule has 3 unspecified atom stereocenters. The molecule has 0 saturated carbocycles. The molecule has 0 aromatic carbocycles. The number of aliphatic carboxylic acids is 1. The third kappa shape index (κ3) is 43.2. The molecular formula is C49H84NO9P. The van der Waals surface area contributed by atoms with E-state index >= 15 is 0 Å². The molecule has 0 spiro atoms. The van der Waals surface area contributed by atoms with Gasteiger partial charge in [-0.1, -0.05) is 170 Å². The van der Waals surface area contributed by atoms with E-state index in [2.05, 4.69) is 98.9 Å². The fourth-order valence-corrected chi connectivity index (χ4v) is 6.63. The first-order chi connectivity index (χ1) is 29.2. The van der Waals surface area contributed by atoms with Crippen LogP contribution in [0.1, 0.15) is 174 Å². The minimum atomic E-state index is -4.64. The van der Waals surface area contributed by atoms with Gasteiger partial charge in [0.1, 0.15) is 12.1 Å². The molecule has 3 atom stereocenters. The molecule has 0 fully saturated rings. The zero-order chi connectivity index (χ0) is 44.0. The van der Waals surface area contributed by atoms with E-state index in [1.807, 2.05) is 0 Å². The van der Waals surface area contributed by atoms with Gasteiger partial charge in [-0.05, 0) is 83.5 Å². The van der Waals surface area contributed by atoms with E-state index in [1.54, 1.807) is 0 Å². The lowest BCUT2D eigenvalue weighted by molar-refractivity contribution is -0.154. The molecule has 11 heteroatoms. The van der Waals surface area contributed by atoms with Gasteiger partial charge in [-0.15, -0.1) is 0 Å². The summed E-state index contributed by atoms with van der Waals surface area (Å²) in [6.07, 6.45) is 56.5. The number of phosphoric acid groups is 1. The molecular weight excluding hydrogens is 778 g/mol. The van der Waals surface area contributed by atoms with Crippen LogP contribution in [-0.2, 0) is 32.7 Å². The fraction of sp³-hybridized carbons (Fsp3) is 0.673. The number of unbranched alkanes of at least 4 members (excludes halogenated alkanes) is 15. The largest absolute Gasteiger partial charge is 0.480 e. The minimum absolute atomic E-state index is 0.0293. The van der Waals surface area contributed by atoms with Crippen LogP contribution in [-0.4, -0.2) is 60.5 Å². The first-order valence-electron chi connectivity index (χ1n) is 23.1. The van der Waals surface area contributed by atoms with Crippen molar-refractivity contribution in [2.75, 3.05) is 26.4 Å². The zero-order valence-electron chi connectivity index (χ0n) is 37.5. The molecule has 0 bridgehead atoms. The normalized spacial score (nSPS) is 14.6. The Kier molecular flexibility index (Phi) is 42.1. The van der Waals surface area contributed by atoms with Crippen molar-refractivity contribution >= 4 is 19.8 Å². The van der Waals surface area contributed by atoms with Crippen LogP contribution in [0.15, 0.2) is 85.1 Å². The summed E-state index contributed by atoms with van der Waals surface area (Å²) in [5.74, 6) is -1.81. The van der Waals surface area contributed by atoms with E-state index in [9.17, 15) is 19.0 Å². The van der Waals surface area contributed by atoms with Crippen molar-refractivity contribution in [2.45, 2.75) is 187 Å². The number of phosphoric ester groups is 1. The average Bonchev–Trinajstić information content (AvgIpc) is 3.23. The van der Waals surface area contributed by atoms with Gasteiger partial charge in [-0.2, -0.15) is 0 Å². The topological polar surface area (TPSA) is 155 Å². The van der Waals surface area contributed by atoms with E-state index in [0.29, 0.717) is 13.0 Å². The highest BCUT2D eigenvalue weighted by molar-refractivity contribution is 7.47. The molecule has 0 aliphatic carbocycles. The van der Waals surface area contributed by atoms with Gasteiger partial charge in [0.2, 0.25) is 0 Å². The van der Waals surface area contributed by atoms with Gasteiger partial charge in [0, 0.05) is 13.0 Å². The summed E-state index contributed by atoms with van der Waals surface area (Å²) in [5, 5.41) is 8.91. The molecule has 0 aliphatic heterocycles. The smallest absolute Gasteiger partial charge is 0.472 e. The van der Waals surface area contributed by atoms with E-state index in [-0.39, 0.29) is 13.0 Å². The van der Waals surface area contributed by atoms with Crippen molar-refractivity contribution in [2.24, 2.45) is 5.73 Å². The first kappa shape index (κ1) is 57.1. The van der Waals surface area contributed by atoms with Crippen LogP contribution in [0, 0.1) is 0 Å². The number of carbonyl (C=O) groups is 2. The molecule has 60 heavy (non-hydrogen) atoms. The number of ether oxygens (including phenoxy) is 2. The number of carbonyl (C=O) groups excluding carboxylic acids is 1. The Labute approximate surface area is 365 Å². The van der Waals surface area contributed by atoms with Crippen LogP contribution in [0.4, 0.5) is 0 Å². The van der Waals surface area contributed by atoms with Gasteiger partial charge in [-0.3, -0.25) is 18.6 Å². The van der Waals surface area contributed by atoms with Crippen LogP contribution >= 0.6 is 7.82 Å². The highest BCUT2D eigenvalue weighted by Crippen LogP contribution is 2.43. The Morgan fingerprint density at radius 1 is 0.550 bits per heavy atom. The van der Waals surface area contributed by atoms with Crippen molar-refractivity contribution in [3.05, 3.63) is 85.1 Å². The van der Waals surface area contributed by atoms with Gasteiger partial charge >= 0.3 is 19.8 Å². The summed E-state index contributed by atoms with van der Waals surface area (Å²) in [7, 11) is -4.64. The fourth-order valence-electron chi connectivity index (χ4n) is 5.85. The van der Waals surface area contributed by atoms with Gasteiger partial charge < -0.3 is 25.2 Å². The number of hydrogen-bond acceptors (Lipinski definition) is 8. The van der Waals surface area contributed by atoms with Crippen molar-refractivity contribution in [1.82, 2.24) is 0 Å². The lowest BCUT2D eigenvalue weighted by Crippen LogP contribution is -2.34. The number of carboxylic acids is 1. The third-order valence-electron chi connectivity index (χ3n) is 9.41. The number of rotatable bonds is 43. The Bertz CT molecular complexity index is 1270. The van der Waals surface area contributed by atoms with Gasteiger partial charge in [0.15, 0.2) is 0 Å². The van der Waals surface area contributed by atoms with Crippen molar-refractivity contribution < 1.29 is 42.7 Å². The zero-order valence-corrected chi connectivity index (χ0v) is 38.4. The molecule has 0 aromatic rings. The minimum Gasteiger partial charge on any atom is -0.480 e. The van der Waals surface area contributed by atoms with Gasteiger partial charge in [0.25, 0.3) is 0 Å². The van der Waals surface area contributed by atoms with Crippen molar-refractivity contribution in [3.8, 4) is 0 Å². The Morgan fingerprint density at radius 2 is 0.967 bits per heavy atom. The molecule has 0 saturated heterocycles. The van der Waals surface area contributed by atoms with Gasteiger partial charge in [0.05, 0.1) is 19.8 Å². The highest BCUT2D eigenvalue weighted by Gasteiger charge is 2.27. The average molecular weight is 862 g/mol. The van der Waals surface area contributed by atoms with E-state index in [0.717, 1.165) is 77.0 Å².